The van der Waals surface area contributed by atoms with Crippen LogP contribution in [-0.4, -0.2) is 63.2 Å². The van der Waals surface area contributed by atoms with Crippen molar-refractivity contribution in [1.29, 1.82) is 0 Å². The number of alkyl halides is 3. The van der Waals surface area contributed by atoms with Gasteiger partial charge in [-0.15, -0.1) is 0 Å². The molecule has 3 aromatic rings. The van der Waals surface area contributed by atoms with Crippen LogP contribution in [0.3, 0.4) is 0 Å². The third-order valence-corrected chi connectivity index (χ3v) is 6.63. The van der Waals surface area contributed by atoms with Gasteiger partial charge in [0.2, 0.25) is 0 Å². The molecule has 2 aliphatic heterocycles. The molecule has 36 heavy (non-hydrogen) atoms. The Kier molecular flexibility index (Phi) is 7.03. The van der Waals surface area contributed by atoms with E-state index < -0.39 is 18.0 Å². The minimum absolute atomic E-state index is 0.0351. The third kappa shape index (κ3) is 5.06. The molecule has 7 nitrogen and oxygen atoms in total. The number of fused-ring (bicyclic) bond motifs is 1. The molecule has 0 saturated carbocycles. The average Bonchev–Trinajstić information content (AvgIpc) is 2.84. The zero-order chi connectivity index (χ0) is 26.1. The highest BCUT2D eigenvalue weighted by atomic mass is 35.5. The molecule has 1 unspecified atom stereocenters. The number of carbonyl (C=O) groups is 2. The van der Waals surface area contributed by atoms with E-state index in [1.165, 1.54) is 18.2 Å². The summed E-state index contributed by atoms with van der Waals surface area (Å²) in [6.45, 7) is 2.05. The smallest absolute Gasteiger partial charge is 0.475 e. The molecule has 1 atom stereocenters. The van der Waals surface area contributed by atoms with E-state index in [0.29, 0.717) is 18.1 Å². The number of nitrogens with zero attached hydrogens (tertiary/aromatic N) is 4. The topological polar surface area (TPSA) is 86.6 Å². The molecular weight excluding hydrogens is 504 g/mol. The molecule has 0 aliphatic carbocycles. The van der Waals surface area contributed by atoms with Gasteiger partial charge in [0.1, 0.15) is 18.0 Å². The van der Waals surface area contributed by atoms with Gasteiger partial charge in [-0.3, -0.25) is 4.79 Å². The number of aromatic nitrogens is 2. The third-order valence-electron chi connectivity index (χ3n) is 6.39. The van der Waals surface area contributed by atoms with Gasteiger partial charge >= 0.3 is 12.1 Å². The first-order valence-electron chi connectivity index (χ1n) is 11.0. The van der Waals surface area contributed by atoms with Crippen molar-refractivity contribution in [2.75, 3.05) is 24.5 Å². The highest BCUT2D eigenvalue weighted by molar-refractivity contribution is 6.31. The van der Waals surface area contributed by atoms with Crippen LogP contribution in [0, 0.1) is 5.82 Å². The molecule has 3 heterocycles. The lowest BCUT2D eigenvalue weighted by Gasteiger charge is -2.57. The Balaban J connectivity index is 0.000000384. The summed E-state index contributed by atoms with van der Waals surface area (Å²) in [5, 5.41) is 8.50. The van der Waals surface area contributed by atoms with E-state index in [4.69, 9.17) is 21.5 Å². The molecular formula is C24H21ClF4N4O3. The van der Waals surface area contributed by atoms with Gasteiger partial charge in [0.05, 0.1) is 16.6 Å². The number of piperidine rings is 1. The summed E-state index contributed by atoms with van der Waals surface area (Å²) in [4.78, 5) is 34.9. The lowest BCUT2D eigenvalue weighted by atomic mass is 9.77. The highest BCUT2D eigenvalue weighted by Gasteiger charge is 2.49. The Morgan fingerprint density at radius 2 is 1.78 bits per heavy atom. The van der Waals surface area contributed by atoms with Gasteiger partial charge in [-0.05, 0) is 49.6 Å². The maximum atomic E-state index is 14.2. The van der Waals surface area contributed by atoms with Crippen molar-refractivity contribution >= 4 is 40.2 Å². The number of likely N-dealkylation sites (tertiary alicyclic amines) is 1. The monoisotopic (exact) mass is 524 g/mol. The lowest BCUT2D eigenvalue weighted by Crippen LogP contribution is -2.68. The number of hydrogen-bond donors (Lipinski definition) is 1. The first-order chi connectivity index (χ1) is 17.0. The average molecular weight is 525 g/mol. The van der Waals surface area contributed by atoms with E-state index in [2.05, 4.69) is 14.9 Å². The number of rotatable bonds is 2. The molecule has 1 N–H and O–H groups in total. The van der Waals surface area contributed by atoms with Crippen molar-refractivity contribution in [2.24, 2.45) is 0 Å². The molecule has 2 saturated heterocycles. The quantitative estimate of drug-likeness (QED) is 0.478. The summed E-state index contributed by atoms with van der Waals surface area (Å²) in [6.07, 6.45) is -0.662. The maximum Gasteiger partial charge on any atom is 0.490 e. The van der Waals surface area contributed by atoms with Crippen LogP contribution in [-0.2, 0) is 4.79 Å². The predicted molar refractivity (Wildman–Crippen MR) is 124 cm³/mol. The van der Waals surface area contributed by atoms with Gasteiger partial charge in [0, 0.05) is 30.0 Å². The highest BCUT2D eigenvalue weighted by Crippen LogP contribution is 2.43. The Hall–Kier alpha value is -3.47. The second kappa shape index (κ2) is 9.88. The molecule has 5 rings (SSSR count). The zero-order valence-electron chi connectivity index (χ0n) is 18.8. The number of carboxylic acids is 1. The predicted octanol–water partition coefficient (Wildman–Crippen LogP) is 4.94. The lowest BCUT2D eigenvalue weighted by molar-refractivity contribution is -0.192. The SMILES string of the molecule is O=C(O)C(F)(F)F.O=C(c1cc(Cl)ccc1F)N1CCCC2(CCN2c2ncnc3ccccc23)C1. The normalized spacial score (nSPS) is 19.5. The van der Waals surface area contributed by atoms with Crippen molar-refractivity contribution in [2.45, 2.75) is 31.0 Å². The second-order valence-electron chi connectivity index (χ2n) is 8.60. The minimum atomic E-state index is -5.08. The number of halogens is 5. The van der Waals surface area contributed by atoms with Crippen molar-refractivity contribution < 1.29 is 32.3 Å². The molecule has 2 fully saturated rings. The molecule has 2 aromatic carbocycles. The Bertz CT molecular complexity index is 1300. The van der Waals surface area contributed by atoms with Crippen LogP contribution in [0.4, 0.5) is 23.4 Å². The second-order valence-corrected chi connectivity index (χ2v) is 9.03. The van der Waals surface area contributed by atoms with E-state index in [1.807, 2.05) is 24.3 Å². The van der Waals surface area contributed by atoms with Crippen molar-refractivity contribution in [3.63, 3.8) is 0 Å². The molecule has 1 amide bonds. The number of hydrogen-bond acceptors (Lipinski definition) is 5. The fraction of sp³-hybridized carbons (Fsp3) is 0.333. The van der Waals surface area contributed by atoms with E-state index in [0.717, 1.165) is 42.5 Å². The fourth-order valence-electron chi connectivity index (χ4n) is 4.62. The summed E-state index contributed by atoms with van der Waals surface area (Å²) in [5.74, 6) is -2.69. The summed E-state index contributed by atoms with van der Waals surface area (Å²) in [5.41, 5.74) is 0.775. The van der Waals surface area contributed by atoms with Crippen LogP contribution in [0.5, 0.6) is 0 Å². The minimum Gasteiger partial charge on any atom is -0.475 e. The van der Waals surface area contributed by atoms with E-state index >= 15 is 0 Å². The number of carbonyl (C=O) groups excluding carboxylic acids is 1. The summed E-state index contributed by atoms with van der Waals surface area (Å²) < 4.78 is 46.0. The molecule has 190 valence electrons. The van der Waals surface area contributed by atoms with E-state index in [-0.39, 0.29) is 17.0 Å². The van der Waals surface area contributed by atoms with Crippen molar-refractivity contribution in [3.8, 4) is 0 Å². The van der Waals surface area contributed by atoms with Crippen LogP contribution < -0.4 is 4.90 Å². The molecule has 1 spiro atoms. The van der Waals surface area contributed by atoms with Crippen LogP contribution in [0.15, 0.2) is 48.8 Å². The van der Waals surface area contributed by atoms with Gasteiger partial charge in [0.25, 0.3) is 5.91 Å². The van der Waals surface area contributed by atoms with Gasteiger partial charge in [-0.25, -0.2) is 19.2 Å². The number of aliphatic carboxylic acids is 1. The largest absolute Gasteiger partial charge is 0.490 e. The van der Waals surface area contributed by atoms with Crippen LogP contribution in [0.25, 0.3) is 10.9 Å². The van der Waals surface area contributed by atoms with Crippen LogP contribution in [0.1, 0.15) is 29.6 Å². The van der Waals surface area contributed by atoms with Gasteiger partial charge in [0.15, 0.2) is 0 Å². The Morgan fingerprint density at radius 1 is 1.06 bits per heavy atom. The van der Waals surface area contributed by atoms with E-state index in [9.17, 15) is 22.4 Å². The number of benzene rings is 2. The van der Waals surface area contributed by atoms with E-state index in [1.54, 1.807) is 11.2 Å². The maximum absolute atomic E-state index is 14.2. The summed E-state index contributed by atoms with van der Waals surface area (Å²) in [6, 6.07) is 12.1. The molecule has 0 radical (unpaired) electrons. The Labute approximate surface area is 208 Å². The summed E-state index contributed by atoms with van der Waals surface area (Å²) in [7, 11) is 0. The van der Waals surface area contributed by atoms with Crippen LogP contribution >= 0.6 is 11.6 Å². The van der Waals surface area contributed by atoms with Gasteiger partial charge in [-0.1, -0.05) is 23.7 Å². The Morgan fingerprint density at radius 3 is 2.44 bits per heavy atom. The summed E-state index contributed by atoms with van der Waals surface area (Å²) >= 11 is 5.99. The first-order valence-corrected chi connectivity index (χ1v) is 11.4. The number of para-hydroxylation sites is 1. The zero-order valence-corrected chi connectivity index (χ0v) is 19.6. The molecule has 0 bridgehead atoms. The van der Waals surface area contributed by atoms with Crippen molar-refractivity contribution in [1.82, 2.24) is 14.9 Å². The number of anilines is 1. The van der Waals surface area contributed by atoms with Gasteiger partial charge < -0.3 is 14.9 Å². The molecule has 12 heteroatoms. The number of carboxylic acid groups (broad SMARTS) is 1. The molecule has 2 aliphatic rings. The first kappa shape index (κ1) is 25.6. The molecule has 1 aromatic heterocycles. The van der Waals surface area contributed by atoms with Crippen molar-refractivity contribution in [3.05, 3.63) is 65.2 Å². The van der Waals surface area contributed by atoms with Gasteiger partial charge in [-0.2, -0.15) is 13.2 Å². The van der Waals surface area contributed by atoms with Crippen LogP contribution in [0.2, 0.25) is 5.02 Å². The fourth-order valence-corrected chi connectivity index (χ4v) is 4.79. The number of amides is 1. The standard InChI is InChI=1S/C22H20ClFN4O.C2HF3O2/c23-15-6-7-18(24)17(12-15)21(29)27-10-3-8-22(13-27)9-11-28(22)20-16-4-1-2-5-19(16)25-14-26-20;3-2(4,5)1(6)7/h1-2,4-7,12,14H,3,8-11,13H2;(H,6,7).